The molecule has 0 atom stereocenters. The highest BCUT2D eigenvalue weighted by molar-refractivity contribution is 5.85. The number of hydrogen-bond donors (Lipinski definition) is 1. The molecule has 1 aliphatic carbocycles. The van der Waals surface area contributed by atoms with Crippen molar-refractivity contribution in [1.82, 2.24) is 4.98 Å². The second-order valence-corrected chi connectivity index (χ2v) is 4.29. The van der Waals surface area contributed by atoms with Gasteiger partial charge in [-0.15, -0.1) is 0 Å². The third-order valence-electron chi connectivity index (χ3n) is 3.36. The molecule has 2 heteroatoms. The van der Waals surface area contributed by atoms with E-state index in [4.69, 9.17) is 0 Å². The van der Waals surface area contributed by atoms with Gasteiger partial charge in [-0.2, -0.15) is 0 Å². The Balaban J connectivity index is 2.26. The first kappa shape index (κ1) is 8.86. The third kappa shape index (κ3) is 1.25. The van der Waals surface area contributed by atoms with Gasteiger partial charge in [0.15, 0.2) is 0 Å². The minimum absolute atomic E-state index is 0.582. The molecular formula is C13H13NO. The molecule has 0 aliphatic heterocycles. The molecule has 0 amide bonds. The summed E-state index contributed by atoms with van der Waals surface area (Å²) in [5.74, 6) is 0. The van der Waals surface area contributed by atoms with Crippen molar-refractivity contribution in [2.75, 3.05) is 0 Å². The summed E-state index contributed by atoms with van der Waals surface area (Å²) >= 11 is 0. The standard InChI is InChI=1S/C13H13NO/c15-13(6-2-7-13)12-4-1-3-10-9-14-8-5-11(10)12/h1,3-5,8-9,15H,2,6-7H2. The monoisotopic (exact) mass is 199 g/mol. The molecule has 1 fully saturated rings. The van der Waals surface area contributed by atoms with Crippen LogP contribution >= 0.6 is 0 Å². The largest absolute Gasteiger partial charge is 0.385 e. The Morgan fingerprint density at radius 3 is 2.80 bits per heavy atom. The van der Waals surface area contributed by atoms with Crippen LogP contribution in [0.3, 0.4) is 0 Å². The quantitative estimate of drug-likeness (QED) is 0.765. The van der Waals surface area contributed by atoms with Gasteiger partial charge in [0.2, 0.25) is 0 Å². The predicted molar refractivity (Wildman–Crippen MR) is 59.5 cm³/mol. The van der Waals surface area contributed by atoms with Gasteiger partial charge in [-0.1, -0.05) is 18.2 Å². The molecule has 0 spiro atoms. The van der Waals surface area contributed by atoms with Gasteiger partial charge in [-0.3, -0.25) is 4.98 Å². The molecule has 1 aromatic carbocycles. The van der Waals surface area contributed by atoms with Crippen LogP contribution in [0.1, 0.15) is 24.8 Å². The minimum Gasteiger partial charge on any atom is -0.385 e. The zero-order valence-electron chi connectivity index (χ0n) is 8.48. The maximum absolute atomic E-state index is 10.4. The van der Waals surface area contributed by atoms with E-state index >= 15 is 0 Å². The van der Waals surface area contributed by atoms with Crippen molar-refractivity contribution in [2.24, 2.45) is 0 Å². The average molecular weight is 199 g/mol. The minimum atomic E-state index is -0.582. The first-order valence-electron chi connectivity index (χ1n) is 5.35. The number of rotatable bonds is 1. The first-order valence-corrected chi connectivity index (χ1v) is 5.35. The van der Waals surface area contributed by atoms with Gasteiger partial charge in [0.25, 0.3) is 0 Å². The summed E-state index contributed by atoms with van der Waals surface area (Å²) in [5, 5.41) is 12.6. The fourth-order valence-electron chi connectivity index (χ4n) is 2.31. The normalized spacial score (nSPS) is 18.7. The molecule has 0 unspecified atom stereocenters. The Labute approximate surface area is 88.6 Å². The molecule has 0 radical (unpaired) electrons. The second kappa shape index (κ2) is 3.04. The smallest absolute Gasteiger partial charge is 0.0902 e. The van der Waals surface area contributed by atoms with Crippen molar-refractivity contribution in [2.45, 2.75) is 24.9 Å². The summed E-state index contributed by atoms with van der Waals surface area (Å²) in [6.07, 6.45) is 6.52. The summed E-state index contributed by atoms with van der Waals surface area (Å²) in [6, 6.07) is 8.05. The first-order chi connectivity index (χ1) is 7.30. The van der Waals surface area contributed by atoms with Crippen LogP contribution in [-0.4, -0.2) is 10.1 Å². The number of hydrogen-bond acceptors (Lipinski definition) is 2. The summed E-state index contributed by atoms with van der Waals surface area (Å²) in [7, 11) is 0. The number of aliphatic hydroxyl groups is 1. The zero-order valence-corrected chi connectivity index (χ0v) is 8.48. The second-order valence-electron chi connectivity index (χ2n) is 4.29. The van der Waals surface area contributed by atoms with Crippen LogP contribution in [0.15, 0.2) is 36.7 Å². The highest BCUT2D eigenvalue weighted by Crippen LogP contribution is 2.43. The van der Waals surface area contributed by atoms with Gasteiger partial charge in [0.05, 0.1) is 5.60 Å². The van der Waals surface area contributed by atoms with Crippen LogP contribution in [0, 0.1) is 0 Å². The van der Waals surface area contributed by atoms with Crippen LogP contribution in [-0.2, 0) is 5.60 Å². The fourth-order valence-corrected chi connectivity index (χ4v) is 2.31. The lowest BCUT2D eigenvalue weighted by molar-refractivity contribution is -0.0374. The van der Waals surface area contributed by atoms with Crippen LogP contribution in [0.5, 0.6) is 0 Å². The SMILES string of the molecule is OC1(c2cccc3cnccc23)CCC1. The van der Waals surface area contributed by atoms with Crippen LogP contribution < -0.4 is 0 Å². The number of benzene rings is 1. The zero-order chi connectivity index (χ0) is 10.3. The average Bonchev–Trinajstić information content (AvgIpc) is 2.25. The van der Waals surface area contributed by atoms with Gasteiger partial charge in [0.1, 0.15) is 0 Å². The molecule has 1 aliphatic rings. The molecular weight excluding hydrogens is 186 g/mol. The number of fused-ring (bicyclic) bond motifs is 1. The van der Waals surface area contributed by atoms with Gasteiger partial charge in [0, 0.05) is 17.8 Å². The Morgan fingerprint density at radius 2 is 2.07 bits per heavy atom. The molecule has 2 aromatic rings. The highest BCUT2D eigenvalue weighted by atomic mass is 16.3. The van der Waals surface area contributed by atoms with E-state index in [1.165, 1.54) is 0 Å². The molecule has 0 saturated heterocycles. The third-order valence-corrected chi connectivity index (χ3v) is 3.36. The molecule has 0 bridgehead atoms. The van der Waals surface area contributed by atoms with Crippen molar-refractivity contribution in [3.63, 3.8) is 0 Å². The summed E-state index contributed by atoms with van der Waals surface area (Å²) in [4.78, 5) is 4.10. The van der Waals surface area contributed by atoms with Crippen LogP contribution in [0.2, 0.25) is 0 Å². The van der Waals surface area contributed by atoms with Gasteiger partial charge < -0.3 is 5.11 Å². The van der Waals surface area contributed by atoms with E-state index in [-0.39, 0.29) is 0 Å². The molecule has 1 aromatic heterocycles. The molecule has 1 heterocycles. The van der Waals surface area contributed by atoms with Crippen molar-refractivity contribution in [1.29, 1.82) is 0 Å². The van der Waals surface area contributed by atoms with Crippen LogP contribution in [0.4, 0.5) is 0 Å². The van der Waals surface area contributed by atoms with E-state index in [0.29, 0.717) is 0 Å². The fraction of sp³-hybridized carbons (Fsp3) is 0.308. The molecule has 2 nitrogen and oxygen atoms in total. The maximum atomic E-state index is 10.4. The lowest BCUT2D eigenvalue weighted by atomic mass is 9.74. The number of pyridine rings is 1. The summed E-state index contributed by atoms with van der Waals surface area (Å²) < 4.78 is 0. The van der Waals surface area contributed by atoms with E-state index in [2.05, 4.69) is 4.98 Å². The molecule has 1 saturated carbocycles. The molecule has 3 rings (SSSR count). The molecule has 1 N–H and O–H groups in total. The Kier molecular flexibility index (Phi) is 1.80. The van der Waals surface area contributed by atoms with Crippen molar-refractivity contribution < 1.29 is 5.11 Å². The molecule has 15 heavy (non-hydrogen) atoms. The van der Waals surface area contributed by atoms with Gasteiger partial charge in [-0.25, -0.2) is 0 Å². The molecule has 76 valence electrons. The Hall–Kier alpha value is -1.41. The topological polar surface area (TPSA) is 33.1 Å². The van der Waals surface area contributed by atoms with E-state index < -0.39 is 5.60 Å². The summed E-state index contributed by atoms with van der Waals surface area (Å²) in [5.41, 5.74) is 0.481. The van der Waals surface area contributed by atoms with E-state index in [0.717, 1.165) is 35.6 Å². The number of aromatic nitrogens is 1. The van der Waals surface area contributed by atoms with Gasteiger partial charge >= 0.3 is 0 Å². The maximum Gasteiger partial charge on any atom is 0.0902 e. The van der Waals surface area contributed by atoms with Crippen molar-refractivity contribution in [3.05, 3.63) is 42.2 Å². The van der Waals surface area contributed by atoms with Crippen molar-refractivity contribution in [3.8, 4) is 0 Å². The predicted octanol–water partition coefficient (Wildman–Crippen LogP) is 2.61. The lowest BCUT2D eigenvalue weighted by Crippen LogP contribution is -2.33. The number of nitrogens with zero attached hydrogens (tertiary/aromatic N) is 1. The van der Waals surface area contributed by atoms with Gasteiger partial charge in [-0.05, 0) is 36.3 Å². The Morgan fingerprint density at radius 1 is 1.20 bits per heavy atom. The van der Waals surface area contributed by atoms with E-state index in [1.54, 1.807) is 6.20 Å². The highest BCUT2D eigenvalue weighted by Gasteiger charge is 2.37. The van der Waals surface area contributed by atoms with E-state index in [1.807, 2.05) is 30.5 Å². The van der Waals surface area contributed by atoms with E-state index in [9.17, 15) is 5.11 Å². The van der Waals surface area contributed by atoms with Crippen LogP contribution in [0.25, 0.3) is 10.8 Å². The Bertz CT molecular complexity index is 497. The van der Waals surface area contributed by atoms with Crippen molar-refractivity contribution >= 4 is 10.8 Å². The summed E-state index contributed by atoms with van der Waals surface area (Å²) in [6.45, 7) is 0. The lowest BCUT2D eigenvalue weighted by Gasteiger charge is -2.37.